The van der Waals surface area contributed by atoms with Crippen molar-refractivity contribution in [2.75, 3.05) is 0 Å². The Morgan fingerprint density at radius 2 is 2.07 bits per heavy atom. The highest BCUT2D eigenvalue weighted by molar-refractivity contribution is 7.13. The molecule has 0 saturated carbocycles. The van der Waals surface area contributed by atoms with Gasteiger partial charge in [0.05, 0.1) is 36.2 Å². The molecule has 0 aliphatic rings. The van der Waals surface area contributed by atoms with Gasteiger partial charge in [0, 0.05) is 27.9 Å². The van der Waals surface area contributed by atoms with Crippen LogP contribution in [0.4, 0.5) is 4.39 Å². The van der Waals surface area contributed by atoms with Gasteiger partial charge in [0.15, 0.2) is 5.43 Å². The lowest BCUT2D eigenvalue weighted by atomic mass is 10.1. The summed E-state index contributed by atoms with van der Waals surface area (Å²) in [4.78, 5) is 17.2. The standard InChI is InChI=1S/C20H14FN3O2S/c21-13-2-4-17-16(10-13)19(26)15-3-1-12(20-23-7-8-27-20)9-18(15)24(17)11-14(25)5-6-22/h1-4,7-10,14,25H,5,11H2. The fourth-order valence-corrected chi connectivity index (χ4v) is 3.86. The molecule has 0 aliphatic carbocycles. The molecule has 4 aromatic rings. The lowest BCUT2D eigenvalue weighted by Gasteiger charge is -2.18. The van der Waals surface area contributed by atoms with Crippen molar-refractivity contribution in [2.24, 2.45) is 0 Å². The minimum Gasteiger partial charge on any atom is -0.390 e. The van der Waals surface area contributed by atoms with Crippen molar-refractivity contribution in [1.82, 2.24) is 9.55 Å². The molecule has 0 radical (unpaired) electrons. The molecule has 27 heavy (non-hydrogen) atoms. The van der Waals surface area contributed by atoms with Crippen LogP contribution in [-0.4, -0.2) is 20.8 Å². The predicted molar refractivity (Wildman–Crippen MR) is 103 cm³/mol. The van der Waals surface area contributed by atoms with Crippen molar-refractivity contribution in [3.63, 3.8) is 0 Å². The fourth-order valence-electron chi connectivity index (χ4n) is 3.22. The monoisotopic (exact) mass is 379 g/mol. The summed E-state index contributed by atoms with van der Waals surface area (Å²) in [6.07, 6.45) is 0.761. The number of nitriles is 1. The molecule has 5 nitrogen and oxygen atoms in total. The molecule has 2 heterocycles. The molecule has 1 N–H and O–H groups in total. The number of hydrogen-bond donors (Lipinski definition) is 1. The summed E-state index contributed by atoms with van der Waals surface area (Å²) in [6, 6.07) is 11.3. The number of halogens is 1. The molecule has 0 aliphatic heterocycles. The van der Waals surface area contributed by atoms with Crippen LogP contribution in [-0.2, 0) is 6.54 Å². The first-order valence-corrected chi connectivity index (χ1v) is 9.17. The lowest BCUT2D eigenvalue weighted by Crippen LogP contribution is -2.19. The highest BCUT2D eigenvalue weighted by atomic mass is 32.1. The molecule has 1 atom stereocenters. The summed E-state index contributed by atoms with van der Waals surface area (Å²) in [6.45, 7) is 0.119. The SMILES string of the molecule is N#CCC(O)Cn1c2ccc(F)cc2c(=O)c2ccc(-c3nccs3)cc21. The topological polar surface area (TPSA) is 78.9 Å². The second-order valence-electron chi connectivity index (χ2n) is 6.19. The van der Waals surface area contributed by atoms with Crippen LogP contribution in [0.25, 0.3) is 32.4 Å². The van der Waals surface area contributed by atoms with Crippen LogP contribution < -0.4 is 5.43 Å². The van der Waals surface area contributed by atoms with Gasteiger partial charge in [0.1, 0.15) is 10.8 Å². The van der Waals surface area contributed by atoms with Crippen molar-refractivity contribution >= 4 is 33.1 Å². The summed E-state index contributed by atoms with van der Waals surface area (Å²) in [5, 5.41) is 22.4. The third-order valence-electron chi connectivity index (χ3n) is 4.43. The van der Waals surface area contributed by atoms with Gasteiger partial charge in [-0.3, -0.25) is 4.79 Å². The number of hydrogen-bond acceptors (Lipinski definition) is 5. The Kier molecular flexibility index (Phi) is 4.44. The number of benzene rings is 2. The van der Waals surface area contributed by atoms with Crippen LogP contribution in [0.1, 0.15) is 6.42 Å². The van der Waals surface area contributed by atoms with Crippen molar-refractivity contribution in [3.05, 3.63) is 64.0 Å². The van der Waals surface area contributed by atoms with Crippen LogP contribution in [0.5, 0.6) is 0 Å². The van der Waals surface area contributed by atoms with E-state index < -0.39 is 11.9 Å². The normalized spacial score (nSPS) is 12.3. The number of nitrogens with zero attached hydrogens (tertiary/aromatic N) is 3. The molecule has 134 valence electrons. The number of fused-ring (bicyclic) bond motifs is 2. The molecule has 7 heteroatoms. The maximum atomic E-state index is 13.7. The maximum Gasteiger partial charge on any atom is 0.197 e. The smallest absolute Gasteiger partial charge is 0.197 e. The molecule has 2 aromatic carbocycles. The Hall–Kier alpha value is -3.08. The first-order valence-electron chi connectivity index (χ1n) is 8.29. The molecule has 0 fully saturated rings. The van der Waals surface area contributed by atoms with Crippen LogP contribution in [0, 0.1) is 17.1 Å². The van der Waals surface area contributed by atoms with E-state index >= 15 is 0 Å². The summed E-state index contributed by atoms with van der Waals surface area (Å²) in [7, 11) is 0. The second-order valence-corrected chi connectivity index (χ2v) is 7.08. The van der Waals surface area contributed by atoms with Crippen molar-refractivity contribution in [1.29, 1.82) is 5.26 Å². The Labute approximate surface area is 157 Å². The van der Waals surface area contributed by atoms with E-state index in [2.05, 4.69) is 4.98 Å². The zero-order valence-electron chi connectivity index (χ0n) is 14.1. The Balaban J connectivity index is 2.05. The summed E-state index contributed by atoms with van der Waals surface area (Å²) in [5.41, 5.74) is 1.71. The molecule has 1 unspecified atom stereocenters. The van der Waals surface area contributed by atoms with Crippen molar-refractivity contribution in [3.8, 4) is 16.6 Å². The second kappa shape index (κ2) is 6.91. The Bertz CT molecular complexity index is 1240. The van der Waals surface area contributed by atoms with Crippen LogP contribution in [0.15, 0.2) is 52.8 Å². The van der Waals surface area contributed by atoms with E-state index in [1.165, 1.54) is 29.5 Å². The van der Waals surface area contributed by atoms with Crippen LogP contribution in [0.3, 0.4) is 0 Å². The molecule has 0 spiro atoms. The summed E-state index contributed by atoms with van der Waals surface area (Å²) in [5.74, 6) is -0.498. The van der Waals surface area contributed by atoms with Crippen molar-refractivity contribution in [2.45, 2.75) is 19.1 Å². The minimum atomic E-state index is -0.905. The van der Waals surface area contributed by atoms with Gasteiger partial charge >= 0.3 is 0 Å². The number of pyridine rings is 1. The van der Waals surface area contributed by atoms with Gasteiger partial charge in [-0.1, -0.05) is 6.07 Å². The first kappa shape index (κ1) is 17.3. The first-order chi connectivity index (χ1) is 13.1. The van der Waals surface area contributed by atoms with E-state index in [0.29, 0.717) is 16.4 Å². The average molecular weight is 379 g/mol. The van der Waals surface area contributed by atoms with E-state index in [1.54, 1.807) is 16.8 Å². The van der Waals surface area contributed by atoms with E-state index in [1.807, 2.05) is 23.6 Å². The van der Waals surface area contributed by atoms with E-state index in [4.69, 9.17) is 5.26 Å². The van der Waals surface area contributed by atoms with Crippen molar-refractivity contribution < 1.29 is 9.50 Å². The third-order valence-corrected chi connectivity index (χ3v) is 5.25. The highest BCUT2D eigenvalue weighted by Crippen LogP contribution is 2.27. The van der Waals surface area contributed by atoms with Gasteiger partial charge in [0.2, 0.25) is 0 Å². The van der Waals surface area contributed by atoms with E-state index in [0.717, 1.165) is 10.6 Å². The van der Waals surface area contributed by atoms with Gasteiger partial charge in [-0.2, -0.15) is 5.26 Å². The molecule has 4 rings (SSSR count). The zero-order chi connectivity index (χ0) is 19.0. The van der Waals surface area contributed by atoms with Gasteiger partial charge in [-0.25, -0.2) is 9.37 Å². The third kappa shape index (κ3) is 3.10. The largest absolute Gasteiger partial charge is 0.390 e. The molecule has 0 saturated heterocycles. The quantitative estimate of drug-likeness (QED) is 0.549. The van der Waals surface area contributed by atoms with Crippen LogP contribution >= 0.6 is 11.3 Å². The average Bonchev–Trinajstić information content (AvgIpc) is 3.20. The van der Waals surface area contributed by atoms with E-state index in [9.17, 15) is 14.3 Å². The summed E-state index contributed by atoms with van der Waals surface area (Å²) < 4.78 is 15.5. The van der Waals surface area contributed by atoms with Crippen LogP contribution in [0.2, 0.25) is 0 Å². The van der Waals surface area contributed by atoms with Gasteiger partial charge in [-0.15, -0.1) is 11.3 Å². The number of rotatable bonds is 4. The zero-order valence-corrected chi connectivity index (χ0v) is 14.9. The molecule has 0 bridgehead atoms. The van der Waals surface area contributed by atoms with Gasteiger partial charge in [-0.05, 0) is 30.3 Å². The number of aromatic nitrogens is 2. The highest BCUT2D eigenvalue weighted by Gasteiger charge is 2.15. The van der Waals surface area contributed by atoms with Gasteiger partial charge in [0.25, 0.3) is 0 Å². The van der Waals surface area contributed by atoms with Gasteiger partial charge < -0.3 is 9.67 Å². The lowest BCUT2D eigenvalue weighted by molar-refractivity contribution is 0.161. The molecular formula is C20H14FN3O2S. The summed E-state index contributed by atoms with van der Waals surface area (Å²) >= 11 is 1.48. The number of aliphatic hydroxyl groups is 1. The maximum absolute atomic E-state index is 13.7. The molecule has 2 aromatic heterocycles. The minimum absolute atomic E-state index is 0.0392. The fraction of sp³-hybridized carbons (Fsp3) is 0.150. The molecular weight excluding hydrogens is 365 g/mol. The van der Waals surface area contributed by atoms with E-state index in [-0.39, 0.29) is 23.8 Å². The predicted octanol–water partition coefficient (Wildman–Crippen LogP) is 3.69. The molecule has 0 amide bonds. The number of aliphatic hydroxyl groups excluding tert-OH is 1. The number of thiazole rings is 1. The Morgan fingerprint density at radius 3 is 2.81 bits per heavy atom. The Morgan fingerprint density at radius 1 is 1.22 bits per heavy atom.